The highest BCUT2D eigenvalue weighted by atomic mass is 16.5. The topological polar surface area (TPSA) is 123 Å². The molecule has 8 heteroatoms. The summed E-state index contributed by atoms with van der Waals surface area (Å²) in [6.07, 6.45) is 0. The zero-order valence-corrected chi connectivity index (χ0v) is 17.1. The normalized spacial score (nSPS) is 10.3. The number of nitrogens with one attached hydrogen (secondary N) is 2. The van der Waals surface area contributed by atoms with Crippen LogP contribution in [0.2, 0.25) is 0 Å². The first-order valence-corrected chi connectivity index (χ1v) is 9.42. The maximum absolute atomic E-state index is 12.8. The second-order valence-electron chi connectivity index (χ2n) is 6.58. The zero-order chi connectivity index (χ0) is 22.4. The molecule has 160 valence electrons. The number of rotatable bonds is 7. The second-order valence-corrected chi connectivity index (χ2v) is 6.58. The number of benzene rings is 3. The number of aromatic hydroxyl groups is 1. The minimum atomic E-state index is -0.520. The van der Waals surface area contributed by atoms with Crippen LogP contribution in [-0.4, -0.2) is 31.1 Å². The maximum atomic E-state index is 12.8. The average molecular weight is 421 g/mol. The number of anilines is 2. The van der Waals surface area contributed by atoms with Crippen molar-refractivity contribution >= 4 is 23.2 Å². The van der Waals surface area contributed by atoms with E-state index in [0.717, 1.165) is 5.56 Å². The van der Waals surface area contributed by atoms with E-state index < -0.39 is 11.8 Å². The van der Waals surface area contributed by atoms with Crippen molar-refractivity contribution in [1.29, 1.82) is 0 Å². The maximum Gasteiger partial charge on any atom is 0.259 e. The predicted molar refractivity (Wildman–Crippen MR) is 118 cm³/mol. The van der Waals surface area contributed by atoms with Crippen LogP contribution in [0, 0.1) is 0 Å². The summed E-state index contributed by atoms with van der Waals surface area (Å²) in [6.45, 7) is 0.253. The minimum absolute atomic E-state index is 0.109. The molecule has 0 aromatic heterocycles. The molecule has 2 amide bonds. The molecule has 0 saturated carbocycles. The molecule has 0 aliphatic carbocycles. The van der Waals surface area contributed by atoms with Gasteiger partial charge >= 0.3 is 0 Å². The molecule has 0 aliphatic heterocycles. The van der Waals surface area contributed by atoms with Gasteiger partial charge in [-0.05, 0) is 48.0 Å². The number of phenolic OH excluding ortho intramolecular Hbond substituents is 1. The van der Waals surface area contributed by atoms with Crippen molar-refractivity contribution in [1.82, 2.24) is 0 Å². The van der Waals surface area contributed by atoms with Crippen LogP contribution in [0.15, 0.2) is 60.7 Å². The highest BCUT2D eigenvalue weighted by Crippen LogP contribution is 2.29. The van der Waals surface area contributed by atoms with E-state index in [-0.39, 0.29) is 17.9 Å². The van der Waals surface area contributed by atoms with E-state index in [2.05, 4.69) is 10.6 Å². The van der Waals surface area contributed by atoms with Crippen molar-refractivity contribution in [3.05, 3.63) is 77.4 Å². The number of hydrogen-bond acceptors (Lipinski definition) is 6. The number of methoxy groups -OCH3 is 2. The van der Waals surface area contributed by atoms with Gasteiger partial charge in [-0.3, -0.25) is 9.59 Å². The van der Waals surface area contributed by atoms with Crippen molar-refractivity contribution in [3.63, 3.8) is 0 Å². The fourth-order valence-corrected chi connectivity index (χ4v) is 2.96. The van der Waals surface area contributed by atoms with Gasteiger partial charge in [-0.1, -0.05) is 18.2 Å². The van der Waals surface area contributed by atoms with E-state index >= 15 is 0 Å². The van der Waals surface area contributed by atoms with Gasteiger partial charge in [-0.2, -0.15) is 0 Å². The van der Waals surface area contributed by atoms with Gasteiger partial charge < -0.3 is 30.9 Å². The summed E-state index contributed by atoms with van der Waals surface area (Å²) >= 11 is 0. The Morgan fingerprint density at radius 1 is 0.871 bits per heavy atom. The Morgan fingerprint density at radius 3 is 2.26 bits per heavy atom. The number of phenols is 1. The molecular formula is C23H23N3O5. The van der Waals surface area contributed by atoms with Crippen LogP contribution in [0.5, 0.6) is 17.2 Å². The fourth-order valence-electron chi connectivity index (χ4n) is 2.96. The third kappa shape index (κ3) is 4.93. The number of hydrogen-bond donors (Lipinski definition) is 4. The molecule has 0 atom stereocenters. The first kappa shape index (κ1) is 21.7. The van der Waals surface area contributed by atoms with Crippen LogP contribution in [0.1, 0.15) is 26.3 Å². The standard InChI is InChI=1S/C23H23N3O5/c1-30-20-10-8-15(12-21(20)31-2)22(28)25-17-9-7-14(13-24)11-18(17)26-23(29)16-5-3-4-6-19(16)27/h3-12,27H,13,24H2,1-2H3,(H,25,28)(H,26,29). The molecule has 8 nitrogen and oxygen atoms in total. The van der Waals surface area contributed by atoms with Crippen molar-refractivity contribution in [3.8, 4) is 17.2 Å². The largest absolute Gasteiger partial charge is 0.507 e. The lowest BCUT2D eigenvalue weighted by molar-refractivity contribution is 0.101. The van der Waals surface area contributed by atoms with Crippen molar-refractivity contribution in [2.24, 2.45) is 5.73 Å². The smallest absolute Gasteiger partial charge is 0.259 e. The summed E-state index contributed by atoms with van der Waals surface area (Å²) in [5.41, 5.74) is 7.66. The summed E-state index contributed by atoms with van der Waals surface area (Å²) < 4.78 is 10.4. The minimum Gasteiger partial charge on any atom is -0.507 e. The van der Waals surface area contributed by atoms with Gasteiger partial charge in [0.1, 0.15) is 5.75 Å². The molecule has 3 rings (SSSR count). The SMILES string of the molecule is COc1ccc(C(=O)Nc2ccc(CN)cc2NC(=O)c2ccccc2O)cc1OC. The summed E-state index contributed by atoms with van der Waals surface area (Å²) in [7, 11) is 2.99. The van der Waals surface area contributed by atoms with Crippen LogP contribution >= 0.6 is 0 Å². The van der Waals surface area contributed by atoms with Gasteiger partial charge in [0.25, 0.3) is 11.8 Å². The van der Waals surface area contributed by atoms with Gasteiger partial charge in [0.2, 0.25) is 0 Å². The number of carbonyl (C=O) groups excluding carboxylic acids is 2. The van der Waals surface area contributed by atoms with Gasteiger partial charge in [-0.15, -0.1) is 0 Å². The molecule has 0 spiro atoms. The number of nitrogens with two attached hydrogens (primary N) is 1. The Balaban J connectivity index is 1.88. The molecule has 31 heavy (non-hydrogen) atoms. The van der Waals surface area contributed by atoms with E-state index in [1.54, 1.807) is 48.5 Å². The zero-order valence-electron chi connectivity index (χ0n) is 17.1. The van der Waals surface area contributed by atoms with Crippen LogP contribution < -0.4 is 25.8 Å². The number of para-hydroxylation sites is 1. The molecule has 3 aromatic carbocycles. The van der Waals surface area contributed by atoms with E-state index in [9.17, 15) is 14.7 Å². The van der Waals surface area contributed by atoms with Crippen LogP contribution in [-0.2, 0) is 6.54 Å². The highest BCUT2D eigenvalue weighted by molar-refractivity contribution is 6.11. The van der Waals surface area contributed by atoms with Gasteiger partial charge in [0, 0.05) is 12.1 Å². The van der Waals surface area contributed by atoms with Gasteiger partial charge in [0.15, 0.2) is 11.5 Å². The predicted octanol–water partition coefficient (Wildman–Crippen LogP) is 3.37. The van der Waals surface area contributed by atoms with E-state index in [1.165, 1.54) is 26.4 Å². The average Bonchev–Trinajstić information content (AvgIpc) is 2.79. The number of amides is 2. The Morgan fingerprint density at radius 2 is 1.58 bits per heavy atom. The second kappa shape index (κ2) is 9.64. The number of carbonyl (C=O) groups is 2. The Kier molecular flexibility index (Phi) is 6.74. The Bertz CT molecular complexity index is 1110. The van der Waals surface area contributed by atoms with E-state index in [4.69, 9.17) is 15.2 Å². The third-order valence-corrected chi connectivity index (χ3v) is 4.61. The summed E-state index contributed by atoms with van der Waals surface area (Å²) in [6, 6.07) is 16.0. The lowest BCUT2D eigenvalue weighted by atomic mass is 10.1. The lowest BCUT2D eigenvalue weighted by Crippen LogP contribution is -2.17. The Hall–Kier alpha value is -4.04. The molecule has 0 unspecified atom stereocenters. The fraction of sp³-hybridized carbons (Fsp3) is 0.130. The van der Waals surface area contributed by atoms with Gasteiger partial charge in [0.05, 0.1) is 31.2 Å². The molecule has 0 radical (unpaired) electrons. The van der Waals surface area contributed by atoms with Crippen LogP contribution in [0.3, 0.4) is 0 Å². The monoisotopic (exact) mass is 421 g/mol. The first-order valence-electron chi connectivity index (χ1n) is 9.42. The first-order chi connectivity index (χ1) is 15.0. The molecule has 5 N–H and O–H groups in total. The molecule has 0 saturated heterocycles. The van der Waals surface area contributed by atoms with Gasteiger partial charge in [-0.25, -0.2) is 0 Å². The molecule has 0 heterocycles. The highest BCUT2D eigenvalue weighted by Gasteiger charge is 2.16. The third-order valence-electron chi connectivity index (χ3n) is 4.61. The van der Waals surface area contributed by atoms with Crippen molar-refractivity contribution < 1.29 is 24.2 Å². The molecule has 0 fully saturated rings. The molecular weight excluding hydrogens is 398 g/mol. The van der Waals surface area contributed by atoms with E-state index in [0.29, 0.717) is 28.4 Å². The number of ether oxygens (including phenoxy) is 2. The van der Waals surface area contributed by atoms with Crippen molar-refractivity contribution in [2.75, 3.05) is 24.9 Å². The van der Waals surface area contributed by atoms with Crippen LogP contribution in [0.25, 0.3) is 0 Å². The Labute approximate surface area is 179 Å². The quantitative estimate of drug-likeness (QED) is 0.464. The molecule has 0 bridgehead atoms. The molecule has 3 aromatic rings. The summed E-state index contributed by atoms with van der Waals surface area (Å²) in [4.78, 5) is 25.5. The lowest BCUT2D eigenvalue weighted by Gasteiger charge is -2.15. The van der Waals surface area contributed by atoms with Crippen LogP contribution in [0.4, 0.5) is 11.4 Å². The summed E-state index contributed by atoms with van der Waals surface area (Å²) in [5, 5.41) is 15.5. The van der Waals surface area contributed by atoms with Crippen molar-refractivity contribution in [2.45, 2.75) is 6.54 Å². The summed E-state index contributed by atoms with van der Waals surface area (Å²) in [5.74, 6) is -0.150. The molecule has 0 aliphatic rings. The van der Waals surface area contributed by atoms with E-state index in [1.807, 2.05) is 0 Å².